The van der Waals surface area contributed by atoms with Crippen LogP contribution in [0.15, 0.2) is 6.07 Å². The molecule has 0 amide bonds. The number of nitrogens with zero attached hydrogens (tertiary/aromatic N) is 2. The summed E-state index contributed by atoms with van der Waals surface area (Å²) in [6, 6.07) is 1.96. The first-order valence-corrected chi connectivity index (χ1v) is 7.63. The molecule has 5 heteroatoms. The third kappa shape index (κ3) is 4.07. The molecule has 2 rings (SSSR count). The van der Waals surface area contributed by atoms with Crippen molar-refractivity contribution < 1.29 is 5.11 Å². The van der Waals surface area contributed by atoms with Crippen LogP contribution >= 0.6 is 0 Å². The Bertz CT molecular complexity index is 436. The van der Waals surface area contributed by atoms with Gasteiger partial charge in [-0.25, -0.2) is 9.97 Å². The first-order chi connectivity index (χ1) is 9.58. The van der Waals surface area contributed by atoms with E-state index in [1.165, 1.54) is 0 Å². The summed E-state index contributed by atoms with van der Waals surface area (Å²) in [4.78, 5) is 9.08. The molecule has 20 heavy (non-hydrogen) atoms. The van der Waals surface area contributed by atoms with E-state index in [0.29, 0.717) is 11.8 Å². The quantitative estimate of drug-likeness (QED) is 0.746. The van der Waals surface area contributed by atoms with E-state index in [0.717, 1.165) is 49.8 Å². The third-order valence-corrected chi connectivity index (χ3v) is 3.70. The second kappa shape index (κ2) is 6.88. The number of anilines is 2. The predicted molar refractivity (Wildman–Crippen MR) is 82.1 cm³/mol. The van der Waals surface area contributed by atoms with E-state index in [1.54, 1.807) is 0 Å². The molecule has 1 heterocycles. The molecule has 2 atom stereocenters. The molecule has 0 radical (unpaired) electrons. The van der Waals surface area contributed by atoms with Crippen molar-refractivity contribution in [1.29, 1.82) is 0 Å². The molecule has 0 aromatic carbocycles. The van der Waals surface area contributed by atoms with E-state index in [9.17, 15) is 5.11 Å². The van der Waals surface area contributed by atoms with Crippen LogP contribution in [0.2, 0.25) is 0 Å². The Morgan fingerprint density at radius 2 is 1.95 bits per heavy atom. The first kappa shape index (κ1) is 15.0. The van der Waals surface area contributed by atoms with Crippen LogP contribution < -0.4 is 10.6 Å². The zero-order valence-electron chi connectivity index (χ0n) is 12.7. The van der Waals surface area contributed by atoms with Gasteiger partial charge in [-0.3, -0.25) is 0 Å². The average molecular weight is 278 g/mol. The van der Waals surface area contributed by atoms with Gasteiger partial charge in [-0.2, -0.15) is 0 Å². The van der Waals surface area contributed by atoms with E-state index in [2.05, 4.69) is 41.4 Å². The molecule has 2 unspecified atom stereocenters. The molecule has 0 saturated heterocycles. The minimum atomic E-state index is -0.115. The Balaban J connectivity index is 2.02. The van der Waals surface area contributed by atoms with Gasteiger partial charge in [-0.15, -0.1) is 0 Å². The SMILES string of the molecule is CCNc1cc(NCC2CCC(O)C2)nc(C(C)C)n1. The van der Waals surface area contributed by atoms with E-state index in [1.807, 2.05) is 6.07 Å². The van der Waals surface area contributed by atoms with Crippen molar-refractivity contribution in [3.63, 3.8) is 0 Å². The fourth-order valence-electron chi connectivity index (χ4n) is 2.57. The van der Waals surface area contributed by atoms with Gasteiger partial charge in [0.1, 0.15) is 17.5 Å². The van der Waals surface area contributed by atoms with Crippen LogP contribution in [0.25, 0.3) is 0 Å². The van der Waals surface area contributed by atoms with Crippen LogP contribution in [0.1, 0.15) is 51.8 Å². The van der Waals surface area contributed by atoms with Gasteiger partial charge in [0.15, 0.2) is 0 Å². The lowest BCUT2D eigenvalue weighted by atomic mass is 10.1. The Hall–Kier alpha value is -1.36. The number of hydrogen-bond donors (Lipinski definition) is 3. The highest BCUT2D eigenvalue weighted by atomic mass is 16.3. The lowest BCUT2D eigenvalue weighted by Crippen LogP contribution is -2.15. The Labute approximate surface area is 121 Å². The number of aliphatic hydroxyl groups is 1. The zero-order chi connectivity index (χ0) is 14.5. The van der Waals surface area contributed by atoms with Crippen LogP contribution in [0.4, 0.5) is 11.6 Å². The summed E-state index contributed by atoms with van der Waals surface area (Å²) in [7, 11) is 0. The maximum Gasteiger partial charge on any atom is 0.135 e. The molecule has 3 N–H and O–H groups in total. The molecule has 0 bridgehead atoms. The lowest BCUT2D eigenvalue weighted by molar-refractivity contribution is 0.178. The van der Waals surface area contributed by atoms with Crippen LogP contribution in [0.3, 0.4) is 0 Å². The summed E-state index contributed by atoms with van der Waals surface area (Å²) in [5.74, 6) is 3.46. The number of rotatable bonds is 6. The number of aromatic nitrogens is 2. The highest BCUT2D eigenvalue weighted by Crippen LogP contribution is 2.26. The highest BCUT2D eigenvalue weighted by Gasteiger charge is 2.22. The van der Waals surface area contributed by atoms with Gasteiger partial charge in [-0.05, 0) is 32.1 Å². The van der Waals surface area contributed by atoms with Gasteiger partial charge >= 0.3 is 0 Å². The molecule has 1 aromatic heterocycles. The Morgan fingerprint density at radius 1 is 1.25 bits per heavy atom. The molecule has 1 aliphatic carbocycles. The molecule has 5 nitrogen and oxygen atoms in total. The fraction of sp³-hybridized carbons (Fsp3) is 0.733. The second-order valence-corrected chi connectivity index (χ2v) is 5.90. The molecule has 0 aliphatic heterocycles. The molecule has 1 fully saturated rings. The summed E-state index contributed by atoms with van der Waals surface area (Å²) in [5.41, 5.74) is 0. The van der Waals surface area contributed by atoms with Crippen molar-refractivity contribution in [2.75, 3.05) is 23.7 Å². The van der Waals surface area contributed by atoms with Gasteiger partial charge in [0, 0.05) is 25.1 Å². The molecule has 112 valence electrons. The van der Waals surface area contributed by atoms with Crippen molar-refractivity contribution in [1.82, 2.24) is 9.97 Å². The standard InChI is InChI=1S/C15H26N4O/c1-4-16-13-8-14(19-15(18-13)10(2)3)17-9-11-5-6-12(20)7-11/h8,10-12,20H,4-7,9H2,1-3H3,(H2,16,17,18,19). The molecular formula is C15H26N4O. The van der Waals surface area contributed by atoms with Crippen LogP contribution in [-0.2, 0) is 0 Å². The largest absolute Gasteiger partial charge is 0.393 e. The maximum absolute atomic E-state index is 9.56. The van der Waals surface area contributed by atoms with Crippen molar-refractivity contribution >= 4 is 11.6 Å². The lowest BCUT2D eigenvalue weighted by Gasteiger charge is -2.14. The minimum absolute atomic E-state index is 0.115. The average Bonchev–Trinajstić information content (AvgIpc) is 2.82. The summed E-state index contributed by atoms with van der Waals surface area (Å²) in [6.45, 7) is 7.98. The smallest absolute Gasteiger partial charge is 0.135 e. The highest BCUT2D eigenvalue weighted by molar-refractivity contribution is 5.47. The van der Waals surface area contributed by atoms with Crippen molar-refractivity contribution in [3.05, 3.63) is 11.9 Å². The zero-order valence-corrected chi connectivity index (χ0v) is 12.7. The van der Waals surface area contributed by atoms with E-state index in [-0.39, 0.29) is 6.10 Å². The van der Waals surface area contributed by atoms with Gasteiger partial charge < -0.3 is 15.7 Å². The maximum atomic E-state index is 9.56. The Morgan fingerprint density at radius 3 is 2.50 bits per heavy atom. The summed E-state index contributed by atoms with van der Waals surface area (Å²) < 4.78 is 0. The summed E-state index contributed by atoms with van der Waals surface area (Å²) in [5, 5.41) is 16.2. The summed E-state index contributed by atoms with van der Waals surface area (Å²) >= 11 is 0. The van der Waals surface area contributed by atoms with E-state index in [4.69, 9.17) is 0 Å². The third-order valence-electron chi connectivity index (χ3n) is 3.70. The van der Waals surface area contributed by atoms with Crippen molar-refractivity contribution in [2.24, 2.45) is 5.92 Å². The topological polar surface area (TPSA) is 70.1 Å². The molecule has 1 aliphatic rings. The molecule has 0 spiro atoms. The van der Waals surface area contributed by atoms with Crippen LogP contribution in [0.5, 0.6) is 0 Å². The molecule has 1 aromatic rings. The van der Waals surface area contributed by atoms with E-state index < -0.39 is 0 Å². The fourth-order valence-corrected chi connectivity index (χ4v) is 2.57. The normalized spacial score (nSPS) is 22.2. The Kier molecular flexibility index (Phi) is 5.17. The molecular weight excluding hydrogens is 252 g/mol. The van der Waals surface area contributed by atoms with Gasteiger partial charge in [0.05, 0.1) is 6.10 Å². The van der Waals surface area contributed by atoms with Crippen LogP contribution in [-0.4, -0.2) is 34.3 Å². The molecule has 1 saturated carbocycles. The number of aliphatic hydroxyl groups excluding tert-OH is 1. The minimum Gasteiger partial charge on any atom is -0.393 e. The van der Waals surface area contributed by atoms with Gasteiger partial charge in [-0.1, -0.05) is 13.8 Å². The van der Waals surface area contributed by atoms with Gasteiger partial charge in [0.25, 0.3) is 0 Å². The van der Waals surface area contributed by atoms with Gasteiger partial charge in [0.2, 0.25) is 0 Å². The number of nitrogens with one attached hydrogen (secondary N) is 2. The first-order valence-electron chi connectivity index (χ1n) is 7.63. The van der Waals surface area contributed by atoms with E-state index >= 15 is 0 Å². The summed E-state index contributed by atoms with van der Waals surface area (Å²) in [6.07, 6.45) is 2.80. The predicted octanol–water partition coefficient (Wildman–Crippen LogP) is 2.60. The van der Waals surface area contributed by atoms with Crippen molar-refractivity contribution in [3.8, 4) is 0 Å². The number of hydrogen-bond acceptors (Lipinski definition) is 5. The second-order valence-electron chi connectivity index (χ2n) is 5.90. The van der Waals surface area contributed by atoms with Crippen molar-refractivity contribution in [2.45, 2.75) is 52.1 Å². The van der Waals surface area contributed by atoms with Crippen LogP contribution in [0, 0.1) is 5.92 Å². The monoisotopic (exact) mass is 278 g/mol.